The van der Waals surface area contributed by atoms with Gasteiger partial charge in [0, 0.05) is 12.2 Å². The number of ether oxygens (including phenoxy) is 1. The summed E-state index contributed by atoms with van der Waals surface area (Å²) >= 11 is 0. The van der Waals surface area contributed by atoms with Gasteiger partial charge >= 0.3 is 0 Å². The van der Waals surface area contributed by atoms with Crippen LogP contribution < -0.4 is 21.1 Å². The molecule has 0 aliphatic carbocycles. The summed E-state index contributed by atoms with van der Waals surface area (Å²) in [4.78, 5) is 23.6. The maximum Gasteiger partial charge on any atom is 0.254 e. The number of hydrogen-bond donors (Lipinski definition) is 3. The average molecular weight is 265 g/mol. The second kappa shape index (κ2) is 6.63. The summed E-state index contributed by atoms with van der Waals surface area (Å²) in [6, 6.07) is 4.16. The minimum Gasteiger partial charge on any atom is -0.497 e. The third-order valence-corrected chi connectivity index (χ3v) is 2.60. The monoisotopic (exact) mass is 265 g/mol. The summed E-state index contributed by atoms with van der Waals surface area (Å²) in [5.74, 6) is -0.113. The van der Waals surface area contributed by atoms with E-state index in [0.29, 0.717) is 18.0 Å². The Morgan fingerprint density at radius 1 is 1.42 bits per heavy atom. The van der Waals surface area contributed by atoms with E-state index in [9.17, 15) is 9.59 Å². The molecule has 6 heteroatoms. The highest BCUT2D eigenvalue weighted by Crippen LogP contribution is 2.19. The summed E-state index contributed by atoms with van der Waals surface area (Å²) in [6.45, 7) is 3.94. The quantitative estimate of drug-likeness (QED) is 0.677. The number of nitrogen functional groups attached to an aromatic ring is 1. The number of nitrogens with one attached hydrogen (secondary N) is 2. The van der Waals surface area contributed by atoms with Crippen molar-refractivity contribution in [1.29, 1.82) is 0 Å². The van der Waals surface area contributed by atoms with E-state index in [4.69, 9.17) is 10.5 Å². The molecule has 0 saturated carbocycles. The maximum atomic E-state index is 12.0. The normalized spacial score (nSPS) is 11.5. The standard InChI is InChI=1S/C13H19N3O3/c1-4-15-12(17)8(2)16-13(18)10-7-9(19-3)5-6-11(10)14/h5-8H,4,14H2,1-3H3,(H,15,17)(H,16,18). The fourth-order valence-corrected chi connectivity index (χ4v) is 1.53. The van der Waals surface area contributed by atoms with Gasteiger partial charge in [-0.05, 0) is 32.0 Å². The number of methoxy groups -OCH3 is 1. The van der Waals surface area contributed by atoms with Crippen molar-refractivity contribution in [2.75, 3.05) is 19.4 Å². The molecule has 0 spiro atoms. The van der Waals surface area contributed by atoms with E-state index in [1.54, 1.807) is 19.1 Å². The van der Waals surface area contributed by atoms with Crippen LogP contribution in [0.25, 0.3) is 0 Å². The van der Waals surface area contributed by atoms with Crippen molar-refractivity contribution in [2.45, 2.75) is 19.9 Å². The summed E-state index contributed by atoms with van der Waals surface area (Å²) in [5.41, 5.74) is 6.36. The van der Waals surface area contributed by atoms with Crippen molar-refractivity contribution >= 4 is 17.5 Å². The summed E-state index contributed by atoms with van der Waals surface area (Å²) in [7, 11) is 1.50. The molecular formula is C13H19N3O3. The molecule has 1 unspecified atom stereocenters. The number of rotatable bonds is 5. The van der Waals surface area contributed by atoms with Gasteiger partial charge in [0.25, 0.3) is 5.91 Å². The predicted octanol–water partition coefficient (Wildman–Crippen LogP) is 0.532. The van der Waals surface area contributed by atoms with Gasteiger partial charge in [-0.25, -0.2) is 0 Å². The van der Waals surface area contributed by atoms with Gasteiger partial charge in [-0.15, -0.1) is 0 Å². The van der Waals surface area contributed by atoms with Crippen molar-refractivity contribution in [3.8, 4) is 5.75 Å². The number of benzene rings is 1. The van der Waals surface area contributed by atoms with Gasteiger partial charge in [0.1, 0.15) is 11.8 Å². The molecule has 1 rings (SSSR count). The molecule has 1 aromatic rings. The van der Waals surface area contributed by atoms with Crippen LogP contribution in [0, 0.1) is 0 Å². The van der Waals surface area contributed by atoms with Gasteiger partial charge in [-0.1, -0.05) is 0 Å². The molecule has 0 fully saturated rings. The van der Waals surface area contributed by atoms with Crippen LogP contribution in [0.1, 0.15) is 24.2 Å². The average Bonchev–Trinajstić information content (AvgIpc) is 2.39. The smallest absolute Gasteiger partial charge is 0.254 e. The molecule has 1 atom stereocenters. The van der Waals surface area contributed by atoms with Crippen LogP contribution in [0.3, 0.4) is 0 Å². The first-order chi connectivity index (χ1) is 8.99. The van der Waals surface area contributed by atoms with Crippen molar-refractivity contribution in [3.05, 3.63) is 23.8 Å². The van der Waals surface area contributed by atoms with Crippen molar-refractivity contribution in [1.82, 2.24) is 10.6 Å². The van der Waals surface area contributed by atoms with E-state index in [1.807, 2.05) is 6.92 Å². The number of hydrogen-bond acceptors (Lipinski definition) is 4. The first-order valence-electron chi connectivity index (χ1n) is 6.01. The molecule has 0 aliphatic rings. The Balaban J connectivity index is 2.80. The van der Waals surface area contributed by atoms with Crippen LogP contribution >= 0.6 is 0 Å². The van der Waals surface area contributed by atoms with Crippen LogP contribution in [0.2, 0.25) is 0 Å². The largest absolute Gasteiger partial charge is 0.497 e. The van der Waals surface area contributed by atoms with E-state index in [2.05, 4.69) is 10.6 Å². The summed E-state index contributed by atoms with van der Waals surface area (Å²) < 4.78 is 5.04. The van der Waals surface area contributed by atoms with E-state index in [1.165, 1.54) is 13.2 Å². The molecule has 0 bridgehead atoms. The molecule has 104 valence electrons. The highest BCUT2D eigenvalue weighted by atomic mass is 16.5. The summed E-state index contributed by atoms with van der Waals surface area (Å²) in [5, 5.41) is 5.22. The Morgan fingerprint density at radius 2 is 2.11 bits per heavy atom. The Bertz CT molecular complexity index is 474. The van der Waals surface area contributed by atoms with E-state index in [0.717, 1.165) is 0 Å². The number of carbonyl (C=O) groups excluding carboxylic acids is 2. The van der Waals surface area contributed by atoms with Gasteiger partial charge in [0.05, 0.1) is 12.7 Å². The Kier molecular flexibility index (Phi) is 5.17. The molecule has 0 radical (unpaired) electrons. The second-order valence-electron chi connectivity index (χ2n) is 4.04. The molecular weight excluding hydrogens is 246 g/mol. The molecule has 2 amide bonds. The molecule has 6 nitrogen and oxygen atoms in total. The molecule has 19 heavy (non-hydrogen) atoms. The first kappa shape index (κ1) is 14.8. The van der Waals surface area contributed by atoms with Crippen molar-refractivity contribution in [2.24, 2.45) is 0 Å². The summed E-state index contributed by atoms with van der Waals surface area (Å²) in [6.07, 6.45) is 0. The van der Waals surface area contributed by atoms with Gasteiger partial charge in [-0.2, -0.15) is 0 Å². The molecule has 1 aromatic carbocycles. The van der Waals surface area contributed by atoms with Crippen LogP contribution in [-0.4, -0.2) is 31.5 Å². The second-order valence-corrected chi connectivity index (χ2v) is 4.04. The molecule has 4 N–H and O–H groups in total. The lowest BCUT2D eigenvalue weighted by Gasteiger charge is -2.14. The number of nitrogens with two attached hydrogens (primary N) is 1. The lowest BCUT2D eigenvalue weighted by Crippen LogP contribution is -2.44. The fourth-order valence-electron chi connectivity index (χ4n) is 1.53. The zero-order valence-corrected chi connectivity index (χ0v) is 11.3. The number of amides is 2. The number of carbonyl (C=O) groups is 2. The van der Waals surface area contributed by atoms with E-state index >= 15 is 0 Å². The minimum atomic E-state index is -0.627. The fraction of sp³-hybridized carbons (Fsp3) is 0.385. The van der Waals surface area contributed by atoms with Crippen LogP contribution in [0.4, 0.5) is 5.69 Å². The van der Waals surface area contributed by atoms with Crippen LogP contribution in [-0.2, 0) is 4.79 Å². The topological polar surface area (TPSA) is 93.5 Å². The third kappa shape index (κ3) is 3.87. The van der Waals surface area contributed by atoms with E-state index < -0.39 is 11.9 Å². The molecule has 0 aliphatic heterocycles. The first-order valence-corrected chi connectivity index (χ1v) is 6.01. The molecule has 0 heterocycles. The maximum absolute atomic E-state index is 12.0. The highest BCUT2D eigenvalue weighted by molar-refractivity contribution is 6.01. The van der Waals surface area contributed by atoms with Crippen LogP contribution in [0.5, 0.6) is 5.75 Å². The van der Waals surface area contributed by atoms with Gasteiger partial charge in [-0.3, -0.25) is 9.59 Å². The lowest BCUT2D eigenvalue weighted by molar-refractivity contribution is -0.122. The minimum absolute atomic E-state index is 0.239. The SMILES string of the molecule is CCNC(=O)C(C)NC(=O)c1cc(OC)ccc1N. The van der Waals surface area contributed by atoms with E-state index in [-0.39, 0.29) is 11.5 Å². The Labute approximate surface area is 112 Å². The van der Waals surface area contributed by atoms with Crippen molar-refractivity contribution in [3.63, 3.8) is 0 Å². The number of likely N-dealkylation sites (N-methyl/N-ethyl adjacent to an activating group) is 1. The molecule has 0 aromatic heterocycles. The predicted molar refractivity (Wildman–Crippen MR) is 73.0 cm³/mol. The zero-order valence-electron chi connectivity index (χ0n) is 11.3. The van der Waals surface area contributed by atoms with Gasteiger partial charge in [0.2, 0.25) is 5.91 Å². The van der Waals surface area contributed by atoms with Crippen LogP contribution in [0.15, 0.2) is 18.2 Å². The lowest BCUT2D eigenvalue weighted by atomic mass is 10.1. The highest BCUT2D eigenvalue weighted by Gasteiger charge is 2.17. The Morgan fingerprint density at radius 3 is 2.68 bits per heavy atom. The Hall–Kier alpha value is -2.24. The zero-order chi connectivity index (χ0) is 14.4. The molecule has 0 saturated heterocycles. The number of anilines is 1. The van der Waals surface area contributed by atoms with Gasteiger partial charge in [0.15, 0.2) is 0 Å². The van der Waals surface area contributed by atoms with Crippen molar-refractivity contribution < 1.29 is 14.3 Å². The third-order valence-electron chi connectivity index (χ3n) is 2.60. The van der Waals surface area contributed by atoms with Gasteiger partial charge < -0.3 is 21.1 Å².